The summed E-state index contributed by atoms with van der Waals surface area (Å²) in [7, 11) is 0. The van der Waals surface area contributed by atoms with Gasteiger partial charge in [0.25, 0.3) is 0 Å². The van der Waals surface area contributed by atoms with Gasteiger partial charge in [0.15, 0.2) is 5.78 Å². The van der Waals surface area contributed by atoms with E-state index in [4.69, 9.17) is 14.9 Å². The van der Waals surface area contributed by atoms with E-state index >= 15 is 0 Å². The van der Waals surface area contributed by atoms with Crippen molar-refractivity contribution in [2.45, 2.75) is 38.7 Å². The summed E-state index contributed by atoms with van der Waals surface area (Å²) < 4.78 is 13.4. The number of aryl methyl sites for hydroxylation is 1. The Kier molecular flexibility index (Phi) is 8.89. The van der Waals surface area contributed by atoms with Gasteiger partial charge in [-0.05, 0) is 87.9 Å². The highest BCUT2D eigenvalue weighted by Gasteiger charge is 2.23. The van der Waals surface area contributed by atoms with Crippen LogP contribution in [0, 0.1) is 7.14 Å². The predicted octanol–water partition coefficient (Wildman–Crippen LogP) is 6.75. The Morgan fingerprint density at radius 1 is 0.944 bits per heavy atom. The van der Waals surface area contributed by atoms with Crippen LogP contribution < -0.4 is 10.5 Å². The van der Waals surface area contributed by atoms with Crippen molar-refractivity contribution in [2.24, 2.45) is 5.73 Å². The molecule has 4 aromatic rings. The number of phenols is 1. The topological polar surface area (TPSA) is 103 Å². The maximum absolute atomic E-state index is 13.7. The molecule has 0 spiro atoms. The molecule has 0 bridgehead atoms. The van der Waals surface area contributed by atoms with Crippen molar-refractivity contribution in [3.63, 3.8) is 0 Å². The summed E-state index contributed by atoms with van der Waals surface area (Å²) in [6.07, 6.45) is 3.16. The lowest BCUT2D eigenvalue weighted by Gasteiger charge is -2.07. The first-order chi connectivity index (χ1) is 17.3. The van der Waals surface area contributed by atoms with Crippen LogP contribution in [-0.2, 0) is 17.8 Å². The fourth-order valence-electron chi connectivity index (χ4n) is 3.99. The smallest absolute Gasteiger partial charge is 0.217 e. The van der Waals surface area contributed by atoms with Crippen LogP contribution in [0.5, 0.6) is 11.5 Å². The molecular formula is C28H25I2NO5. The highest BCUT2D eigenvalue weighted by molar-refractivity contribution is 14.1. The van der Waals surface area contributed by atoms with Gasteiger partial charge < -0.3 is 20.0 Å². The van der Waals surface area contributed by atoms with Gasteiger partial charge in [0.1, 0.15) is 29.4 Å². The number of benzene rings is 3. The van der Waals surface area contributed by atoms with E-state index in [9.17, 15) is 14.7 Å². The number of furan rings is 1. The fourth-order valence-corrected chi connectivity index (χ4v) is 5.75. The minimum Gasteiger partial charge on any atom is -0.506 e. The van der Waals surface area contributed by atoms with E-state index in [1.165, 1.54) is 0 Å². The number of ketones is 1. The van der Waals surface area contributed by atoms with Crippen molar-refractivity contribution in [3.05, 3.63) is 90.3 Å². The average molecular weight is 709 g/mol. The Bertz CT molecular complexity index is 1380. The Balaban J connectivity index is 1.64. The zero-order valence-electron chi connectivity index (χ0n) is 19.4. The van der Waals surface area contributed by atoms with Gasteiger partial charge in [-0.15, -0.1) is 0 Å². The van der Waals surface area contributed by atoms with Crippen molar-refractivity contribution in [1.82, 2.24) is 0 Å². The highest BCUT2D eigenvalue weighted by Crippen LogP contribution is 2.34. The van der Waals surface area contributed by atoms with E-state index in [2.05, 4.69) is 0 Å². The monoisotopic (exact) mass is 709 g/mol. The van der Waals surface area contributed by atoms with E-state index in [0.29, 0.717) is 61.2 Å². The molecule has 4 rings (SSSR count). The van der Waals surface area contributed by atoms with Crippen LogP contribution in [-0.4, -0.2) is 16.8 Å². The lowest BCUT2D eigenvalue weighted by molar-refractivity contribution is -0.118. The summed E-state index contributed by atoms with van der Waals surface area (Å²) >= 11 is 4.05. The first-order valence-corrected chi connectivity index (χ1v) is 13.7. The molecule has 0 atom stereocenters. The number of halogens is 2. The number of fused-ring (bicyclic) bond motifs is 1. The van der Waals surface area contributed by atoms with Crippen molar-refractivity contribution in [2.75, 3.05) is 0 Å². The van der Waals surface area contributed by atoms with Gasteiger partial charge in [-0.3, -0.25) is 9.59 Å². The summed E-state index contributed by atoms with van der Waals surface area (Å²) in [6.45, 7) is 0.427. The van der Waals surface area contributed by atoms with Gasteiger partial charge in [-0.2, -0.15) is 0 Å². The maximum Gasteiger partial charge on any atom is 0.217 e. The molecule has 186 valence electrons. The van der Waals surface area contributed by atoms with Crippen LogP contribution >= 0.6 is 45.2 Å². The molecule has 0 aliphatic carbocycles. The van der Waals surface area contributed by atoms with Gasteiger partial charge in [0.05, 0.1) is 12.7 Å². The maximum atomic E-state index is 13.7. The van der Waals surface area contributed by atoms with E-state index in [-0.39, 0.29) is 17.4 Å². The number of amides is 1. The zero-order chi connectivity index (χ0) is 25.7. The molecule has 1 amide bonds. The van der Waals surface area contributed by atoms with Gasteiger partial charge in [0, 0.05) is 29.9 Å². The number of nitrogens with two attached hydrogens (primary N) is 1. The van der Waals surface area contributed by atoms with E-state index in [1.54, 1.807) is 12.1 Å². The molecule has 0 fully saturated rings. The zero-order valence-corrected chi connectivity index (χ0v) is 23.7. The summed E-state index contributed by atoms with van der Waals surface area (Å²) in [4.78, 5) is 24.7. The number of unbranched alkanes of at least 4 members (excludes halogenated alkanes) is 2. The van der Waals surface area contributed by atoms with E-state index in [1.807, 2.05) is 93.7 Å². The van der Waals surface area contributed by atoms with Gasteiger partial charge in [-0.1, -0.05) is 36.8 Å². The molecule has 3 aromatic carbocycles. The number of hydrogen-bond donors (Lipinski definition) is 2. The average Bonchev–Trinajstić information content (AvgIpc) is 3.22. The molecule has 36 heavy (non-hydrogen) atoms. The second-order valence-corrected chi connectivity index (χ2v) is 10.8. The Morgan fingerprint density at radius 3 is 2.36 bits per heavy atom. The van der Waals surface area contributed by atoms with Gasteiger partial charge >= 0.3 is 0 Å². The molecule has 0 aliphatic heterocycles. The molecule has 1 aromatic heterocycles. The molecule has 0 aliphatic rings. The summed E-state index contributed by atoms with van der Waals surface area (Å²) in [5, 5.41) is 10.9. The standard InChI is InChI=1S/C28H25I2NO5/c29-21-13-18(14-22(30)28(21)34)27(33)26-20-12-11-19(35-16-17-7-3-1-4-8-17)15-24(20)36-23(26)9-5-2-6-10-25(31)32/h1,3-4,7-8,11-15,34H,2,5-6,9-10,16H2,(H2,31,32). The van der Waals surface area contributed by atoms with Crippen molar-refractivity contribution in [1.29, 1.82) is 0 Å². The Hall–Kier alpha value is -2.60. The van der Waals surface area contributed by atoms with Crippen LogP contribution in [0.25, 0.3) is 11.0 Å². The number of ether oxygens (including phenoxy) is 1. The first kappa shape index (κ1) is 26.5. The molecule has 1 heterocycles. The van der Waals surface area contributed by atoms with Gasteiger partial charge in [0.2, 0.25) is 5.91 Å². The SMILES string of the molecule is NC(=O)CCCCCc1oc2cc(OCc3ccccc3)ccc2c1C(=O)c1cc(I)c(O)c(I)c1. The van der Waals surface area contributed by atoms with E-state index < -0.39 is 0 Å². The van der Waals surface area contributed by atoms with Crippen molar-refractivity contribution in [3.8, 4) is 11.5 Å². The largest absolute Gasteiger partial charge is 0.506 e. The molecule has 8 heteroatoms. The molecule has 0 saturated carbocycles. The lowest BCUT2D eigenvalue weighted by Crippen LogP contribution is -2.09. The molecule has 0 radical (unpaired) electrons. The second-order valence-electron chi connectivity index (χ2n) is 8.48. The van der Waals surface area contributed by atoms with Crippen molar-refractivity contribution < 1.29 is 23.8 Å². The molecule has 3 N–H and O–H groups in total. The van der Waals surface area contributed by atoms with E-state index in [0.717, 1.165) is 23.8 Å². The minimum absolute atomic E-state index is 0.158. The lowest BCUT2D eigenvalue weighted by atomic mass is 9.98. The Morgan fingerprint density at radius 2 is 1.67 bits per heavy atom. The summed E-state index contributed by atoms with van der Waals surface area (Å²) in [6, 6.07) is 18.8. The predicted molar refractivity (Wildman–Crippen MR) is 155 cm³/mol. The third kappa shape index (κ3) is 6.39. The molecule has 0 unspecified atom stereocenters. The Labute approximate surface area is 236 Å². The number of hydrogen-bond acceptors (Lipinski definition) is 5. The third-order valence-corrected chi connectivity index (χ3v) is 7.46. The molecular weight excluding hydrogens is 684 g/mol. The third-order valence-electron chi connectivity index (χ3n) is 5.82. The highest BCUT2D eigenvalue weighted by atomic mass is 127. The number of carbonyl (C=O) groups excluding carboxylic acids is 2. The summed E-state index contributed by atoms with van der Waals surface area (Å²) in [5.41, 5.74) is 7.89. The number of phenolic OH excluding ortho intramolecular Hbond substituents is 1. The van der Waals surface area contributed by atoms with Crippen LogP contribution in [0.4, 0.5) is 0 Å². The number of rotatable bonds is 11. The fraction of sp³-hybridized carbons (Fsp3) is 0.214. The summed E-state index contributed by atoms with van der Waals surface area (Å²) in [5.74, 6) is 0.955. The van der Waals surface area contributed by atoms with Crippen molar-refractivity contribution >= 4 is 67.8 Å². The normalized spacial score (nSPS) is 11.1. The number of primary amides is 1. The van der Waals surface area contributed by atoms with Crippen LogP contribution in [0.2, 0.25) is 0 Å². The first-order valence-electron chi connectivity index (χ1n) is 11.6. The van der Waals surface area contributed by atoms with Gasteiger partial charge in [-0.25, -0.2) is 0 Å². The minimum atomic E-state index is -0.311. The van der Waals surface area contributed by atoms with Crippen LogP contribution in [0.3, 0.4) is 0 Å². The molecule has 0 saturated heterocycles. The molecule has 6 nitrogen and oxygen atoms in total. The van der Waals surface area contributed by atoms with Crippen LogP contribution in [0.15, 0.2) is 65.1 Å². The second kappa shape index (κ2) is 12.1. The number of aromatic hydroxyl groups is 1. The van der Waals surface area contributed by atoms with Crippen LogP contribution in [0.1, 0.15) is 52.9 Å². The number of carbonyl (C=O) groups is 2. The quantitative estimate of drug-likeness (QED) is 0.102.